The van der Waals surface area contributed by atoms with Crippen molar-refractivity contribution in [3.8, 4) is 11.5 Å². The number of amides is 1. The molecule has 0 unspecified atom stereocenters. The van der Waals surface area contributed by atoms with Gasteiger partial charge in [-0.25, -0.2) is 0 Å². The summed E-state index contributed by atoms with van der Waals surface area (Å²) >= 11 is 0. The molecular formula is C27H32N2O5. The number of fused-ring (bicyclic) bond motifs is 1. The molecule has 0 saturated carbocycles. The quantitative estimate of drug-likeness (QED) is 0.364. The molecule has 2 aromatic carbocycles. The molecule has 0 bridgehead atoms. The lowest BCUT2D eigenvalue weighted by Crippen LogP contribution is -2.35. The zero-order valence-corrected chi connectivity index (χ0v) is 20.2. The summed E-state index contributed by atoms with van der Waals surface area (Å²) in [5.41, 5.74) is 2.31. The summed E-state index contributed by atoms with van der Waals surface area (Å²) in [6.07, 6.45) is 1.66. The molecule has 2 heterocycles. The summed E-state index contributed by atoms with van der Waals surface area (Å²) in [7, 11) is 3.83. The van der Waals surface area contributed by atoms with Crippen LogP contribution in [0.3, 0.4) is 0 Å². The lowest BCUT2D eigenvalue weighted by atomic mass is 9.94. The third kappa shape index (κ3) is 4.66. The predicted molar refractivity (Wildman–Crippen MR) is 130 cm³/mol. The summed E-state index contributed by atoms with van der Waals surface area (Å²) in [5, 5.41) is 11.3. The van der Waals surface area contributed by atoms with Crippen molar-refractivity contribution in [3.63, 3.8) is 0 Å². The number of rotatable bonds is 8. The van der Waals surface area contributed by atoms with Gasteiger partial charge in [-0.2, -0.15) is 0 Å². The Morgan fingerprint density at radius 3 is 2.74 bits per heavy atom. The second-order valence-electron chi connectivity index (χ2n) is 9.17. The summed E-state index contributed by atoms with van der Waals surface area (Å²) in [4.78, 5) is 29.8. The molecule has 1 saturated heterocycles. The Bertz CT molecular complexity index is 1120. The summed E-state index contributed by atoms with van der Waals surface area (Å²) < 4.78 is 11.6. The first kappa shape index (κ1) is 23.8. The third-order valence-electron chi connectivity index (χ3n) is 6.14. The molecular weight excluding hydrogens is 432 g/mol. The minimum atomic E-state index is -0.700. The van der Waals surface area contributed by atoms with Crippen LogP contribution < -0.4 is 9.47 Å². The van der Waals surface area contributed by atoms with E-state index in [2.05, 4.69) is 0 Å². The molecule has 1 fully saturated rings. The molecule has 7 nitrogen and oxygen atoms in total. The van der Waals surface area contributed by atoms with Gasteiger partial charge in [0.1, 0.15) is 23.4 Å². The van der Waals surface area contributed by atoms with Crippen molar-refractivity contribution in [2.24, 2.45) is 0 Å². The molecule has 7 heteroatoms. The molecule has 0 spiro atoms. The number of carbonyl (C=O) groups excluding carboxylic acids is 2. The van der Waals surface area contributed by atoms with E-state index in [1.807, 2.05) is 69.2 Å². The van der Waals surface area contributed by atoms with Gasteiger partial charge in [-0.3, -0.25) is 9.59 Å². The van der Waals surface area contributed by atoms with Crippen LogP contribution in [0.5, 0.6) is 11.5 Å². The zero-order chi connectivity index (χ0) is 24.4. The van der Waals surface area contributed by atoms with Crippen molar-refractivity contribution >= 4 is 17.4 Å². The first-order valence-electron chi connectivity index (χ1n) is 11.8. The Labute approximate surface area is 200 Å². The number of nitrogens with zero attached hydrogens (tertiary/aromatic N) is 2. The smallest absolute Gasteiger partial charge is 0.295 e. The zero-order valence-electron chi connectivity index (χ0n) is 20.2. The minimum Gasteiger partial charge on any atom is -0.507 e. The molecule has 0 aliphatic carbocycles. The van der Waals surface area contributed by atoms with Gasteiger partial charge >= 0.3 is 0 Å². The van der Waals surface area contributed by atoms with Crippen molar-refractivity contribution in [3.05, 3.63) is 64.7 Å². The Kier molecular flexibility index (Phi) is 6.93. The molecule has 1 amide bonds. The maximum absolute atomic E-state index is 13.2. The fourth-order valence-electron chi connectivity index (χ4n) is 4.48. The van der Waals surface area contributed by atoms with E-state index in [0.717, 1.165) is 29.7 Å². The van der Waals surface area contributed by atoms with Gasteiger partial charge in [-0.15, -0.1) is 0 Å². The number of aliphatic hydroxyl groups is 1. The number of aliphatic hydroxyl groups excluding tert-OH is 1. The molecule has 34 heavy (non-hydrogen) atoms. The number of carbonyl (C=O) groups is 2. The highest BCUT2D eigenvalue weighted by molar-refractivity contribution is 6.46. The van der Waals surface area contributed by atoms with Crippen molar-refractivity contribution < 1.29 is 24.2 Å². The largest absolute Gasteiger partial charge is 0.507 e. The van der Waals surface area contributed by atoms with Crippen LogP contribution in [0.4, 0.5) is 0 Å². The number of hydrogen-bond acceptors (Lipinski definition) is 6. The second-order valence-corrected chi connectivity index (χ2v) is 9.17. The predicted octanol–water partition coefficient (Wildman–Crippen LogP) is 3.78. The summed E-state index contributed by atoms with van der Waals surface area (Å²) in [6.45, 7) is 5.53. The Hall–Kier alpha value is -3.32. The molecule has 2 atom stereocenters. The molecule has 4 rings (SSSR count). The van der Waals surface area contributed by atoms with Crippen molar-refractivity contribution in [2.75, 3.05) is 33.8 Å². The highest BCUT2D eigenvalue weighted by atomic mass is 16.5. The summed E-state index contributed by atoms with van der Waals surface area (Å²) in [5.74, 6) is 0.00426. The van der Waals surface area contributed by atoms with Crippen molar-refractivity contribution in [1.82, 2.24) is 9.80 Å². The van der Waals surface area contributed by atoms with Crippen LogP contribution in [0.25, 0.3) is 5.76 Å². The maximum Gasteiger partial charge on any atom is 0.295 e. The van der Waals surface area contributed by atoms with Crippen LogP contribution in [-0.4, -0.2) is 66.5 Å². The van der Waals surface area contributed by atoms with Crippen molar-refractivity contribution in [2.45, 2.75) is 38.8 Å². The first-order valence-corrected chi connectivity index (χ1v) is 11.8. The number of ether oxygens (including phenoxy) is 2. The van der Waals surface area contributed by atoms with E-state index in [1.165, 1.54) is 0 Å². The van der Waals surface area contributed by atoms with Crippen LogP contribution in [0.15, 0.2) is 48.0 Å². The second kappa shape index (κ2) is 9.89. The number of likely N-dealkylation sites (tertiary alicyclic amines) is 1. The van der Waals surface area contributed by atoms with Crippen LogP contribution >= 0.6 is 0 Å². The monoisotopic (exact) mass is 464 g/mol. The van der Waals surface area contributed by atoms with Gasteiger partial charge in [-0.1, -0.05) is 19.1 Å². The average molecular weight is 465 g/mol. The van der Waals surface area contributed by atoms with Crippen molar-refractivity contribution in [1.29, 1.82) is 0 Å². The SMILES string of the molecule is CCCOc1cccc([C@@H]2C(=C(O)c3ccc4c(c3)C[C@H](C)O4)C(=O)C(=O)N2CCN(C)C)c1. The van der Waals surface area contributed by atoms with Gasteiger partial charge in [0, 0.05) is 25.1 Å². The minimum absolute atomic E-state index is 0.0647. The van der Waals surface area contributed by atoms with E-state index in [4.69, 9.17) is 9.47 Å². The number of hydrogen-bond donors (Lipinski definition) is 1. The van der Waals surface area contributed by atoms with Gasteiger partial charge in [-0.05, 0) is 68.9 Å². The molecule has 180 valence electrons. The molecule has 2 aliphatic rings. The molecule has 0 radical (unpaired) electrons. The van der Waals surface area contributed by atoms with E-state index in [1.54, 1.807) is 11.0 Å². The Morgan fingerprint density at radius 1 is 1.21 bits per heavy atom. The van der Waals surface area contributed by atoms with E-state index >= 15 is 0 Å². The van der Waals surface area contributed by atoms with Crippen LogP contribution in [-0.2, 0) is 16.0 Å². The van der Waals surface area contributed by atoms with Gasteiger partial charge in [0.2, 0.25) is 0 Å². The van der Waals surface area contributed by atoms with Gasteiger partial charge in [0.25, 0.3) is 11.7 Å². The molecule has 2 aliphatic heterocycles. The molecule has 0 aromatic heterocycles. The maximum atomic E-state index is 13.2. The van der Waals surface area contributed by atoms with E-state index in [9.17, 15) is 14.7 Å². The normalized spacial score (nSPS) is 21.1. The number of ketones is 1. The lowest BCUT2D eigenvalue weighted by molar-refractivity contribution is -0.140. The highest BCUT2D eigenvalue weighted by Crippen LogP contribution is 2.41. The van der Waals surface area contributed by atoms with Crippen LogP contribution in [0.1, 0.15) is 43.0 Å². The average Bonchev–Trinajstić information content (AvgIpc) is 3.31. The Morgan fingerprint density at radius 2 is 2.00 bits per heavy atom. The Balaban J connectivity index is 1.80. The fourth-order valence-corrected chi connectivity index (χ4v) is 4.48. The van der Waals surface area contributed by atoms with E-state index < -0.39 is 17.7 Å². The number of benzene rings is 2. The first-order chi connectivity index (χ1) is 16.3. The number of Topliss-reactive ketones (excluding diaryl/α,β-unsaturated/α-hetero) is 1. The van der Waals surface area contributed by atoms with Gasteiger partial charge < -0.3 is 24.4 Å². The highest BCUT2D eigenvalue weighted by Gasteiger charge is 2.46. The van der Waals surface area contributed by atoms with E-state index in [-0.39, 0.29) is 17.4 Å². The van der Waals surface area contributed by atoms with Gasteiger partial charge in [0.15, 0.2) is 0 Å². The van der Waals surface area contributed by atoms with Crippen LogP contribution in [0, 0.1) is 0 Å². The lowest BCUT2D eigenvalue weighted by Gasteiger charge is -2.27. The van der Waals surface area contributed by atoms with Crippen LogP contribution in [0.2, 0.25) is 0 Å². The third-order valence-corrected chi connectivity index (χ3v) is 6.14. The summed E-state index contributed by atoms with van der Waals surface area (Å²) in [6, 6.07) is 12.1. The molecule has 1 N–H and O–H groups in total. The number of likely N-dealkylation sites (N-methyl/N-ethyl adjacent to an activating group) is 1. The standard InChI is InChI=1S/C27H32N2O5/c1-5-13-33-21-8-6-7-18(16-21)24-23(26(31)27(32)29(24)12-11-28(3)4)25(30)19-9-10-22-20(15-19)14-17(2)34-22/h6-10,15-17,24,30H,5,11-14H2,1-4H3/t17-,24+/m0/s1. The van der Waals surface area contributed by atoms with E-state index in [0.29, 0.717) is 31.0 Å². The fraction of sp³-hybridized carbons (Fsp3) is 0.407. The van der Waals surface area contributed by atoms with Gasteiger partial charge in [0.05, 0.1) is 18.2 Å². The topological polar surface area (TPSA) is 79.3 Å². The molecule has 2 aromatic rings.